The molecule has 0 saturated heterocycles. The number of terminal acetylenes is 2. The van der Waals surface area contributed by atoms with Crippen LogP contribution in [-0.4, -0.2) is 37.0 Å². The first-order valence-electron chi connectivity index (χ1n) is 18.1. The number of hydrogen-bond donors (Lipinski definition) is 0. The molecule has 0 bridgehead atoms. The van der Waals surface area contributed by atoms with Crippen LogP contribution in [0.2, 0.25) is 0 Å². The summed E-state index contributed by atoms with van der Waals surface area (Å²) in [5.74, 6) is 9.50. The van der Waals surface area contributed by atoms with Crippen molar-refractivity contribution >= 4 is 15.8 Å². The van der Waals surface area contributed by atoms with Gasteiger partial charge in [-0.25, -0.2) is 0 Å². The monoisotopic (exact) mass is 762 g/mol. The van der Waals surface area contributed by atoms with Gasteiger partial charge in [-0.3, -0.25) is 0 Å². The summed E-state index contributed by atoms with van der Waals surface area (Å²) in [6.45, 7) is 13.9. The summed E-state index contributed by atoms with van der Waals surface area (Å²) in [5, 5.41) is 0. The third-order valence-corrected chi connectivity index (χ3v) is 14.1. The molecule has 2 rings (SSSR count). The van der Waals surface area contributed by atoms with Gasteiger partial charge in [0, 0.05) is 58.5 Å². The van der Waals surface area contributed by atoms with Gasteiger partial charge in [0.2, 0.25) is 0 Å². The van der Waals surface area contributed by atoms with Gasteiger partial charge >= 0.3 is 0 Å². The summed E-state index contributed by atoms with van der Waals surface area (Å²) in [6.07, 6.45) is 50.6. The summed E-state index contributed by atoms with van der Waals surface area (Å²) in [4.78, 5) is 0. The van der Waals surface area contributed by atoms with Gasteiger partial charge in [0.05, 0.1) is 37.0 Å². The fourth-order valence-corrected chi connectivity index (χ4v) is 11.2. The first-order valence-corrected chi connectivity index (χ1v) is 22.3. The van der Waals surface area contributed by atoms with E-state index in [0.29, 0.717) is 0 Å². The molecule has 0 spiro atoms. The van der Waals surface area contributed by atoms with Crippen molar-refractivity contribution in [2.24, 2.45) is 0 Å². The van der Waals surface area contributed by atoms with E-state index in [1.54, 1.807) is 85.5 Å². The molecular formula is C44H66P2Pd+2. The molecule has 0 N–H and O–H groups in total. The van der Waals surface area contributed by atoms with Crippen LogP contribution < -0.4 is 0 Å². The zero-order chi connectivity index (χ0) is 34.7. The Bertz CT molecular complexity index is 911. The van der Waals surface area contributed by atoms with Crippen molar-refractivity contribution in [2.45, 2.75) is 119 Å². The van der Waals surface area contributed by atoms with Gasteiger partial charge in [0.15, 0.2) is 0 Å². The Morgan fingerprint density at radius 1 is 0.426 bits per heavy atom. The molecule has 0 aromatic heterocycles. The first-order chi connectivity index (χ1) is 22.4. The number of hydrogen-bond acceptors (Lipinski definition) is 0. The molecule has 260 valence electrons. The molecule has 2 radical (unpaired) electrons. The van der Waals surface area contributed by atoms with Crippen LogP contribution in [0.5, 0.6) is 0 Å². The molecule has 2 aromatic rings. The quantitative estimate of drug-likeness (QED) is 0.0806. The minimum Gasteiger partial charge on any atom is -0.115 e. The van der Waals surface area contributed by atoms with Crippen LogP contribution >= 0.6 is 15.8 Å². The molecule has 0 saturated carbocycles. The molecule has 0 amide bonds. The van der Waals surface area contributed by atoms with E-state index in [4.69, 9.17) is 25.7 Å². The molecule has 47 heavy (non-hydrogen) atoms. The Morgan fingerprint density at radius 2 is 0.617 bits per heavy atom. The maximum absolute atomic E-state index is 6.77. The number of unbranched alkanes of at least 4 members (excludes halogenated alkanes) is 6. The number of benzene rings is 2. The molecule has 2 aromatic carbocycles. The smallest absolute Gasteiger partial charge is 0.0571 e. The average Bonchev–Trinajstić information content (AvgIpc) is 3.11. The zero-order valence-electron chi connectivity index (χ0n) is 30.8. The van der Waals surface area contributed by atoms with Gasteiger partial charge in [-0.2, -0.15) is 0 Å². The van der Waals surface area contributed by atoms with Crippen LogP contribution in [0.15, 0.2) is 48.5 Å². The molecule has 0 heterocycles. The maximum Gasteiger partial charge on any atom is 0.0571 e. The SMILES string of the molecule is CCCC[PH+](CCCC)CCCC.CCCC[PH+](CCCC)CCCC.[C]#Cc1ccc(C#C)cc1.[C]#Cc1ccc(C#C)cc1.[Pd]. The summed E-state index contributed by atoms with van der Waals surface area (Å²) >= 11 is 0. The minimum absolute atomic E-state index is 0. The fraction of sp³-hybridized carbons (Fsp3) is 0.545. The van der Waals surface area contributed by atoms with Crippen molar-refractivity contribution in [1.29, 1.82) is 0 Å². The predicted octanol–water partition coefficient (Wildman–Crippen LogP) is 12.4. The normalized spacial score (nSPS) is 9.45. The Balaban J connectivity index is -0.000000548. The van der Waals surface area contributed by atoms with Crippen LogP contribution in [0.3, 0.4) is 0 Å². The standard InChI is InChI=1S/2C12H27P.2C10H5.Pd/c2*1-4-7-10-13(11-8-5-2)12-9-6-3;2*1-3-9-5-7-10(4-2)8-6-9;/h2*4-12H2,1-3H3;2*1,5-8H;/p+2. The van der Waals surface area contributed by atoms with Crippen molar-refractivity contribution in [3.05, 3.63) is 83.6 Å². The molecular weight excluding hydrogens is 697 g/mol. The summed E-state index contributed by atoms with van der Waals surface area (Å²) in [5.41, 5.74) is 3.16. The van der Waals surface area contributed by atoms with E-state index in [9.17, 15) is 0 Å². The van der Waals surface area contributed by atoms with E-state index >= 15 is 0 Å². The Morgan fingerprint density at radius 3 is 0.766 bits per heavy atom. The molecule has 0 aliphatic carbocycles. The van der Waals surface area contributed by atoms with Gasteiger partial charge in [-0.1, -0.05) is 104 Å². The van der Waals surface area contributed by atoms with Gasteiger partial charge in [-0.15, -0.1) is 12.8 Å². The van der Waals surface area contributed by atoms with Crippen molar-refractivity contribution < 1.29 is 20.4 Å². The van der Waals surface area contributed by atoms with Crippen molar-refractivity contribution in [3.63, 3.8) is 0 Å². The topological polar surface area (TPSA) is 0 Å². The van der Waals surface area contributed by atoms with E-state index in [1.165, 1.54) is 77.0 Å². The second-order valence-electron chi connectivity index (χ2n) is 11.8. The van der Waals surface area contributed by atoms with Crippen molar-refractivity contribution in [3.8, 4) is 36.5 Å². The third-order valence-electron chi connectivity index (χ3n) is 7.70. The molecule has 0 nitrogen and oxygen atoms in total. The predicted molar refractivity (Wildman–Crippen MR) is 216 cm³/mol. The van der Waals surface area contributed by atoms with E-state index in [-0.39, 0.29) is 36.3 Å². The van der Waals surface area contributed by atoms with Gasteiger partial charge in [-0.05, 0) is 99.9 Å². The van der Waals surface area contributed by atoms with Crippen LogP contribution in [-0.2, 0) is 20.4 Å². The largest absolute Gasteiger partial charge is 0.115 e. The summed E-state index contributed by atoms with van der Waals surface area (Å²) in [6, 6.07) is 14.2. The average molecular weight is 763 g/mol. The maximum atomic E-state index is 6.77. The Hall–Kier alpha value is -1.80. The minimum atomic E-state index is 0. The molecule has 0 aliphatic rings. The first kappa shape index (κ1) is 49.6. The van der Waals surface area contributed by atoms with Crippen LogP contribution in [0.25, 0.3) is 0 Å². The van der Waals surface area contributed by atoms with Crippen molar-refractivity contribution in [2.75, 3.05) is 37.0 Å². The van der Waals surface area contributed by atoms with Crippen LogP contribution in [0, 0.1) is 49.4 Å². The molecule has 0 atom stereocenters. The van der Waals surface area contributed by atoms with E-state index < -0.39 is 0 Å². The summed E-state index contributed by atoms with van der Waals surface area (Å²) < 4.78 is 0. The third kappa shape index (κ3) is 31.2. The van der Waals surface area contributed by atoms with Crippen LogP contribution in [0.4, 0.5) is 0 Å². The van der Waals surface area contributed by atoms with E-state index in [1.807, 2.05) is 0 Å². The molecule has 0 fully saturated rings. The second-order valence-corrected chi connectivity index (χ2v) is 17.8. The second kappa shape index (κ2) is 38.6. The zero-order valence-corrected chi connectivity index (χ0v) is 34.4. The molecule has 3 heteroatoms. The van der Waals surface area contributed by atoms with Gasteiger partial charge in [0.25, 0.3) is 0 Å². The Labute approximate surface area is 310 Å². The molecule has 0 unspecified atom stereocenters. The van der Waals surface area contributed by atoms with Crippen molar-refractivity contribution in [1.82, 2.24) is 0 Å². The number of rotatable bonds is 18. The fourth-order valence-electron chi connectivity index (χ4n) is 4.61. The van der Waals surface area contributed by atoms with Gasteiger partial charge in [0.1, 0.15) is 0 Å². The Kier molecular flexibility index (Phi) is 40.8. The van der Waals surface area contributed by atoms with E-state index in [0.717, 1.165) is 22.3 Å². The molecule has 0 aliphatic heterocycles. The summed E-state index contributed by atoms with van der Waals surface area (Å²) in [7, 11) is 0.135. The van der Waals surface area contributed by atoms with Gasteiger partial charge < -0.3 is 0 Å². The van der Waals surface area contributed by atoms with Crippen LogP contribution in [0.1, 0.15) is 141 Å². The van der Waals surface area contributed by atoms with E-state index in [2.05, 4.69) is 65.2 Å².